The van der Waals surface area contributed by atoms with Crippen molar-refractivity contribution in [2.45, 2.75) is 45.3 Å². The number of aryl methyl sites for hydroxylation is 1. The molecule has 2 atom stereocenters. The molecular weight excluding hydrogens is 284 g/mol. The van der Waals surface area contributed by atoms with Crippen LogP contribution >= 0.6 is 0 Å². The summed E-state index contributed by atoms with van der Waals surface area (Å²) in [6.07, 6.45) is 3.10. The Morgan fingerprint density at radius 3 is 2.91 bits per heavy atom. The fourth-order valence-electron chi connectivity index (χ4n) is 2.76. The lowest BCUT2D eigenvalue weighted by atomic mass is 9.98. The summed E-state index contributed by atoms with van der Waals surface area (Å²) < 4.78 is 1.84. The van der Waals surface area contributed by atoms with Gasteiger partial charge >= 0.3 is 0 Å². The van der Waals surface area contributed by atoms with Gasteiger partial charge in [0.15, 0.2) is 0 Å². The monoisotopic (exact) mass is 306 g/mol. The van der Waals surface area contributed by atoms with Crippen molar-refractivity contribution in [3.05, 3.63) is 12.2 Å². The number of rotatable bonds is 5. The lowest BCUT2D eigenvalue weighted by Crippen LogP contribution is -2.52. The Labute approximate surface area is 130 Å². The van der Waals surface area contributed by atoms with Crippen LogP contribution in [0.5, 0.6) is 0 Å². The van der Waals surface area contributed by atoms with Crippen molar-refractivity contribution in [2.75, 3.05) is 13.2 Å². The first-order chi connectivity index (χ1) is 10.6. The molecule has 0 unspecified atom stereocenters. The topological polar surface area (TPSA) is 87.3 Å². The van der Waals surface area contributed by atoms with E-state index in [2.05, 4.69) is 16.3 Å². The molecule has 0 radical (unpaired) electrons. The number of nitrogens with zero attached hydrogens (tertiary/aromatic N) is 6. The molecule has 1 aromatic heterocycles. The second-order valence-corrected chi connectivity index (χ2v) is 5.43. The summed E-state index contributed by atoms with van der Waals surface area (Å²) in [7, 11) is 1.88. The summed E-state index contributed by atoms with van der Waals surface area (Å²) in [4.78, 5) is 19.2. The molecule has 2 rings (SSSR count). The van der Waals surface area contributed by atoms with Gasteiger partial charge in [-0.1, -0.05) is 0 Å². The smallest absolute Gasteiger partial charge is 0.243 e. The molecule has 1 aromatic rings. The minimum atomic E-state index is -0.177. The zero-order chi connectivity index (χ0) is 16.1. The molecule has 22 heavy (non-hydrogen) atoms. The van der Waals surface area contributed by atoms with Gasteiger partial charge in [0.05, 0.1) is 31.3 Å². The van der Waals surface area contributed by atoms with Gasteiger partial charge in [-0.2, -0.15) is 5.26 Å². The van der Waals surface area contributed by atoms with Crippen molar-refractivity contribution in [2.24, 2.45) is 7.05 Å². The molecule has 1 fully saturated rings. The molecule has 8 nitrogen and oxygen atoms in total. The maximum atomic E-state index is 11.8. The van der Waals surface area contributed by atoms with Crippen LogP contribution in [0.3, 0.4) is 0 Å². The van der Waals surface area contributed by atoms with Crippen LogP contribution in [-0.4, -0.2) is 55.9 Å². The van der Waals surface area contributed by atoms with E-state index in [-0.39, 0.29) is 18.0 Å². The fourth-order valence-corrected chi connectivity index (χ4v) is 2.76. The van der Waals surface area contributed by atoms with Crippen LogP contribution in [0, 0.1) is 11.3 Å². The van der Waals surface area contributed by atoms with Crippen LogP contribution in [0.1, 0.15) is 32.5 Å². The maximum Gasteiger partial charge on any atom is 0.243 e. The fraction of sp³-hybridized carbons (Fsp3) is 0.714. The molecule has 1 saturated heterocycles. The minimum Gasteiger partial charge on any atom is -0.320 e. The molecule has 0 aliphatic carbocycles. The van der Waals surface area contributed by atoms with Crippen LogP contribution in [0.15, 0.2) is 6.33 Å². The van der Waals surface area contributed by atoms with Gasteiger partial charge in [0.25, 0.3) is 0 Å². The number of amides is 1. The Hall–Kier alpha value is -1.98. The average Bonchev–Trinajstić information content (AvgIpc) is 2.89. The van der Waals surface area contributed by atoms with Gasteiger partial charge < -0.3 is 4.57 Å². The van der Waals surface area contributed by atoms with Crippen LogP contribution in [0.4, 0.5) is 0 Å². The SMILES string of the molecule is CCON(C(C)=O)[C@@H]1CC[C@@H](C#N)N(Cc2nncn2C)C1. The summed E-state index contributed by atoms with van der Waals surface area (Å²) in [5.74, 6) is 0.688. The highest BCUT2D eigenvalue weighted by Crippen LogP contribution is 2.23. The molecule has 1 aliphatic rings. The largest absolute Gasteiger partial charge is 0.320 e. The number of hydrogen-bond acceptors (Lipinski definition) is 6. The summed E-state index contributed by atoms with van der Waals surface area (Å²) in [6.45, 7) is 4.92. The van der Waals surface area contributed by atoms with Crippen molar-refractivity contribution >= 4 is 5.91 Å². The number of hydrogen-bond donors (Lipinski definition) is 0. The third-order valence-electron chi connectivity index (χ3n) is 3.87. The third kappa shape index (κ3) is 3.61. The molecule has 0 N–H and O–H groups in total. The van der Waals surface area contributed by atoms with Gasteiger partial charge in [-0.15, -0.1) is 10.2 Å². The highest BCUT2D eigenvalue weighted by Gasteiger charge is 2.33. The van der Waals surface area contributed by atoms with Gasteiger partial charge in [0.2, 0.25) is 5.91 Å². The quantitative estimate of drug-likeness (QED) is 0.735. The summed E-state index contributed by atoms with van der Waals surface area (Å²) in [6, 6.07) is 2.11. The van der Waals surface area contributed by atoms with Crippen molar-refractivity contribution in [1.82, 2.24) is 24.7 Å². The Morgan fingerprint density at radius 2 is 2.36 bits per heavy atom. The molecule has 1 aliphatic heterocycles. The first kappa shape index (κ1) is 16.4. The van der Waals surface area contributed by atoms with E-state index in [9.17, 15) is 10.1 Å². The standard InChI is InChI=1S/C14H22N6O2/c1-4-22-20(11(2)21)13-6-5-12(7-15)19(8-13)9-14-17-16-10-18(14)3/h10,12-13H,4-6,8-9H2,1-3H3/t12-,13+/m0/s1. The highest BCUT2D eigenvalue weighted by molar-refractivity contribution is 5.72. The van der Waals surface area contributed by atoms with Crippen LogP contribution in [-0.2, 0) is 23.2 Å². The van der Waals surface area contributed by atoms with Crippen molar-refractivity contribution in [1.29, 1.82) is 5.26 Å². The summed E-state index contributed by atoms with van der Waals surface area (Å²) in [5.41, 5.74) is 0. The molecule has 0 saturated carbocycles. The van der Waals surface area contributed by atoms with E-state index in [1.807, 2.05) is 23.4 Å². The van der Waals surface area contributed by atoms with Gasteiger partial charge in [0, 0.05) is 20.5 Å². The Bertz CT molecular complexity index is 552. The van der Waals surface area contributed by atoms with Crippen molar-refractivity contribution in [3.8, 4) is 6.07 Å². The molecule has 0 bridgehead atoms. The number of hydroxylamine groups is 2. The minimum absolute atomic E-state index is 0.0460. The number of likely N-dealkylation sites (tertiary alicyclic amines) is 1. The average molecular weight is 306 g/mol. The van der Waals surface area contributed by atoms with E-state index in [0.717, 1.165) is 12.2 Å². The molecule has 1 amide bonds. The summed E-state index contributed by atoms with van der Waals surface area (Å²) >= 11 is 0. The van der Waals surface area contributed by atoms with Crippen LogP contribution in [0.2, 0.25) is 0 Å². The highest BCUT2D eigenvalue weighted by atomic mass is 16.7. The van der Waals surface area contributed by atoms with Gasteiger partial charge in [-0.05, 0) is 19.8 Å². The van der Waals surface area contributed by atoms with E-state index < -0.39 is 0 Å². The Balaban J connectivity index is 2.10. The number of piperidine rings is 1. The number of nitriles is 1. The molecule has 0 spiro atoms. The third-order valence-corrected chi connectivity index (χ3v) is 3.87. The van der Waals surface area contributed by atoms with Gasteiger partial charge in [-0.3, -0.25) is 14.5 Å². The molecule has 2 heterocycles. The van der Waals surface area contributed by atoms with Crippen molar-refractivity contribution < 1.29 is 9.63 Å². The predicted molar refractivity (Wildman–Crippen MR) is 78.0 cm³/mol. The zero-order valence-corrected chi connectivity index (χ0v) is 13.3. The van der Waals surface area contributed by atoms with E-state index in [1.165, 1.54) is 12.0 Å². The lowest BCUT2D eigenvalue weighted by Gasteiger charge is -2.40. The van der Waals surface area contributed by atoms with Crippen LogP contribution in [0.25, 0.3) is 0 Å². The molecule has 8 heteroatoms. The van der Waals surface area contributed by atoms with E-state index in [4.69, 9.17) is 4.84 Å². The van der Waals surface area contributed by atoms with Gasteiger partial charge in [-0.25, -0.2) is 5.06 Å². The van der Waals surface area contributed by atoms with E-state index in [0.29, 0.717) is 26.1 Å². The number of carbonyl (C=O) groups is 1. The second kappa shape index (κ2) is 7.33. The van der Waals surface area contributed by atoms with Crippen LogP contribution < -0.4 is 0 Å². The normalized spacial score (nSPS) is 22.3. The zero-order valence-electron chi connectivity index (χ0n) is 13.3. The number of aromatic nitrogens is 3. The van der Waals surface area contributed by atoms with E-state index in [1.54, 1.807) is 6.33 Å². The summed E-state index contributed by atoms with van der Waals surface area (Å²) in [5, 5.41) is 18.7. The lowest BCUT2D eigenvalue weighted by molar-refractivity contribution is -0.202. The van der Waals surface area contributed by atoms with E-state index >= 15 is 0 Å². The second-order valence-electron chi connectivity index (χ2n) is 5.43. The molecule has 0 aromatic carbocycles. The predicted octanol–water partition coefficient (Wildman–Crippen LogP) is 0.472. The maximum absolute atomic E-state index is 11.8. The Morgan fingerprint density at radius 1 is 1.59 bits per heavy atom. The van der Waals surface area contributed by atoms with Gasteiger partial charge in [0.1, 0.15) is 12.2 Å². The van der Waals surface area contributed by atoms with Crippen molar-refractivity contribution in [3.63, 3.8) is 0 Å². The first-order valence-electron chi connectivity index (χ1n) is 7.46. The first-order valence-corrected chi connectivity index (χ1v) is 7.46. The Kier molecular flexibility index (Phi) is 5.46. The molecular formula is C14H22N6O2. The molecule has 120 valence electrons. The number of carbonyl (C=O) groups excluding carboxylic acids is 1.